The lowest BCUT2D eigenvalue weighted by molar-refractivity contribution is -0.171. The molecular weight excluding hydrogens is 221 g/mol. The Labute approximate surface area is 92.6 Å². The summed E-state index contributed by atoms with van der Waals surface area (Å²) in [4.78, 5) is 11.6. The third-order valence-electron chi connectivity index (χ3n) is 2.93. The zero-order valence-electron chi connectivity index (χ0n) is 9.45. The highest BCUT2D eigenvalue weighted by Crippen LogP contribution is 2.49. The Morgan fingerprint density at radius 1 is 1.44 bits per heavy atom. The highest BCUT2D eigenvalue weighted by Gasteiger charge is 2.64. The van der Waals surface area contributed by atoms with Crippen molar-refractivity contribution in [1.82, 2.24) is 5.32 Å². The molecule has 0 radical (unpaired) electrons. The van der Waals surface area contributed by atoms with Crippen LogP contribution in [0.4, 0.5) is 13.2 Å². The minimum absolute atomic E-state index is 0.0511. The maximum Gasteiger partial charge on any atom is 0.411 e. The zero-order valence-corrected chi connectivity index (χ0v) is 9.45. The topological polar surface area (TPSA) is 55.1 Å². The molecule has 1 atom stereocenters. The van der Waals surface area contributed by atoms with Crippen molar-refractivity contribution in [3.63, 3.8) is 0 Å². The summed E-state index contributed by atoms with van der Waals surface area (Å²) < 4.78 is 37.7. The molecule has 1 amide bonds. The van der Waals surface area contributed by atoms with Gasteiger partial charge in [-0.2, -0.15) is 13.2 Å². The van der Waals surface area contributed by atoms with E-state index in [0.29, 0.717) is 12.8 Å². The highest BCUT2D eigenvalue weighted by atomic mass is 19.4. The average molecular weight is 238 g/mol. The number of hydrogen-bond acceptors (Lipinski definition) is 2. The summed E-state index contributed by atoms with van der Waals surface area (Å²) in [7, 11) is 0. The van der Waals surface area contributed by atoms with E-state index < -0.39 is 23.2 Å². The molecule has 0 saturated heterocycles. The van der Waals surface area contributed by atoms with Gasteiger partial charge in [0, 0.05) is 0 Å². The lowest BCUT2D eigenvalue weighted by Crippen LogP contribution is -2.58. The number of amides is 1. The van der Waals surface area contributed by atoms with Gasteiger partial charge in [-0.1, -0.05) is 13.3 Å². The molecule has 0 heterocycles. The first kappa shape index (κ1) is 13.3. The summed E-state index contributed by atoms with van der Waals surface area (Å²) in [6.45, 7) is 3.29. The monoisotopic (exact) mass is 238 g/mol. The summed E-state index contributed by atoms with van der Waals surface area (Å²) in [5, 5.41) is 2.04. The van der Waals surface area contributed by atoms with Crippen LogP contribution in [0.25, 0.3) is 0 Å². The summed E-state index contributed by atoms with van der Waals surface area (Å²) in [5.74, 6) is -0.718. The number of halogens is 3. The molecule has 0 aromatic rings. The number of hydrogen-bond donors (Lipinski definition) is 2. The predicted octanol–water partition coefficient (Wildman–Crippen LogP) is 1.71. The van der Waals surface area contributed by atoms with E-state index >= 15 is 0 Å². The van der Waals surface area contributed by atoms with Gasteiger partial charge in [-0.15, -0.1) is 0 Å². The smallest absolute Gasteiger partial charge is 0.340 e. The van der Waals surface area contributed by atoms with Gasteiger partial charge < -0.3 is 11.1 Å². The Balaban J connectivity index is 2.65. The van der Waals surface area contributed by atoms with Gasteiger partial charge in [0.25, 0.3) is 0 Å². The summed E-state index contributed by atoms with van der Waals surface area (Å²) in [6, 6.07) is 0. The van der Waals surface area contributed by atoms with E-state index in [9.17, 15) is 18.0 Å². The van der Waals surface area contributed by atoms with Gasteiger partial charge in [-0.05, 0) is 26.2 Å². The van der Waals surface area contributed by atoms with Crippen molar-refractivity contribution in [2.24, 2.45) is 5.73 Å². The lowest BCUT2D eigenvalue weighted by Gasteiger charge is -2.28. The molecular formula is C10H17F3N2O. The van der Waals surface area contributed by atoms with Crippen molar-refractivity contribution < 1.29 is 18.0 Å². The maximum atomic E-state index is 12.6. The minimum atomic E-state index is -4.38. The fraction of sp³-hybridized carbons (Fsp3) is 0.900. The van der Waals surface area contributed by atoms with Gasteiger partial charge in [0.15, 0.2) is 0 Å². The number of nitrogens with one attached hydrogen (secondary N) is 1. The van der Waals surface area contributed by atoms with Crippen LogP contribution in [0.1, 0.15) is 39.5 Å². The molecule has 0 bridgehead atoms. The van der Waals surface area contributed by atoms with Crippen molar-refractivity contribution >= 4 is 5.91 Å². The first-order valence-corrected chi connectivity index (χ1v) is 5.33. The van der Waals surface area contributed by atoms with Gasteiger partial charge in [0.2, 0.25) is 5.91 Å². The Morgan fingerprint density at radius 2 is 1.94 bits per heavy atom. The van der Waals surface area contributed by atoms with Crippen LogP contribution in [-0.4, -0.2) is 23.2 Å². The number of nitrogens with two attached hydrogens (primary N) is 1. The first-order valence-electron chi connectivity index (χ1n) is 5.33. The van der Waals surface area contributed by atoms with E-state index in [1.807, 2.05) is 12.2 Å². The van der Waals surface area contributed by atoms with E-state index in [-0.39, 0.29) is 12.8 Å². The number of rotatable bonds is 4. The van der Waals surface area contributed by atoms with Crippen LogP contribution in [0.5, 0.6) is 0 Å². The third kappa shape index (κ3) is 2.48. The van der Waals surface area contributed by atoms with Crippen LogP contribution in [0.15, 0.2) is 0 Å². The van der Waals surface area contributed by atoms with Crippen molar-refractivity contribution in [3.8, 4) is 0 Å². The van der Waals surface area contributed by atoms with Gasteiger partial charge in [-0.3, -0.25) is 4.79 Å². The van der Waals surface area contributed by atoms with Gasteiger partial charge in [0.05, 0.1) is 5.54 Å². The second-order valence-electron chi connectivity index (χ2n) is 4.70. The maximum absolute atomic E-state index is 12.6. The molecule has 1 unspecified atom stereocenters. The van der Waals surface area contributed by atoms with Crippen LogP contribution in [0.3, 0.4) is 0 Å². The summed E-state index contributed by atoms with van der Waals surface area (Å²) >= 11 is 0. The van der Waals surface area contributed by atoms with Crippen LogP contribution >= 0.6 is 0 Å². The molecule has 6 heteroatoms. The molecule has 3 N–H and O–H groups in total. The largest absolute Gasteiger partial charge is 0.411 e. The number of carbonyl (C=O) groups excluding carboxylic acids is 1. The normalized spacial score (nSPS) is 22.4. The van der Waals surface area contributed by atoms with Crippen molar-refractivity contribution in [2.75, 3.05) is 0 Å². The van der Waals surface area contributed by atoms with E-state index in [1.54, 1.807) is 0 Å². The number of carbonyl (C=O) groups is 1. The molecule has 3 nitrogen and oxygen atoms in total. The van der Waals surface area contributed by atoms with E-state index in [2.05, 4.69) is 0 Å². The highest BCUT2D eigenvalue weighted by molar-refractivity contribution is 5.86. The Hall–Kier alpha value is -0.780. The second-order valence-corrected chi connectivity index (χ2v) is 4.70. The van der Waals surface area contributed by atoms with Crippen molar-refractivity contribution in [1.29, 1.82) is 0 Å². The third-order valence-corrected chi connectivity index (χ3v) is 2.93. The van der Waals surface area contributed by atoms with Crippen LogP contribution in [-0.2, 0) is 4.79 Å². The number of alkyl halides is 3. The Bertz CT molecular complexity index is 282. The quantitative estimate of drug-likeness (QED) is 0.783. The molecule has 1 rings (SSSR count). The van der Waals surface area contributed by atoms with Crippen molar-refractivity contribution in [3.05, 3.63) is 0 Å². The SMILES string of the molecule is CCCC(C)(N)C(=O)NC1(C(F)(F)F)CC1. The Morgan fingerprint density at radius 3 is 2.25 bits per heavy atom. The second kappa shape index (κ2) is 3.91. The summed E-state index contributed by atoms with van der Waals surface area (Å²) in [6.07, 6.45) is -3.47. The van der Waals surface area contributed by atoms with Crippen LogP contribution in [0, 0.1) is 0 Å². The fourth-order valence-electron chi connectivity index (χ4n) is 1.60. The fourth-order valence-corrected chi connectivity index (χ4v) is 1.60. The molecule has 94 valence electrons. The molecule has 1 fully saturated rings. The lowest BCUT2D eigenvalue weighted by atomic mass is 9.96. The molecule has 1 aliphatic carbocycles. The Kier molecular flexibility index (Phi) is 3.24. The average Bonchev–Trinajstić information content (AvgIpc) is 2.83. The van der Waals surface area contributed by atoms with Crippen LogP contribution < -0.4 is 11.1 Å². The van der Waals surface area contributed by atoms with Crippen molar-refractivity contribution in [2.45, 2.75) is 56.8 Å². The molecule has 0 aromatic heterocycles. The summed E-state index contributed by atoms with van der Waals surface area (Å²) in [5.41, 5.74) is 2.43. The van der Waals surface area contributed by atoms with E-state index in [0.717, 1.165) is 0 Å². The van der Waals surface area contributed by atoms with Gasteiger partial charge in [0.1, 0.15) is 5.54 Å². The van der Waals surface area contributed by atoms with Gasteiger partial charge >= 0.3 is 6.18 Å². The minimum Gasteiger partial charge on any atom is -0.340 e. The predicted molar refractivity (Wildman–Crippen MR) is 53.7 cm³/mol. The molecule has 1 aliphatic rings. The van der Waals surface area contributed by atoms with Gasteiger partial charge in [-0.25, -0.2) is 0 Å². The molecule has 0 spiro atoms. The molecule has 0 aromatic carbocycles. The molecule has 0 aliphatic heterocycles. The van der Waals surface area contributed by atoms with E-state index in [4.69, 9.17) is 5.73 Å². The molecule has 1 saturated carbocycles. The standard InChI is InChI=1S/C10H17F3N2O/c1-3-4-8(2,14)7(16)15-9(5-6-9)10(11,12)13/h3-6,14H2,1-2H3,(H,15,16). The first-order chi connectivity index (χ1) is 7.15. The zero-order chi connectivity index (χ0) is 12.6. The molecule has 16 heavy (non-hydrogen) atoms. The van der Waals surface area contributed by atoms with E-state index in [1.165, 1.54) is 6.92 Å². The van der Waals surface area contributed by atoms with Crippen LogP contribution in [0.2, 0.25) is 0 Å².